The number of nitrogens with zero attached hydrogens (tertiary/aromatic N) is 1. The highest BCUT2D eigenvalue weighted by atomic mass is 32.2. The molecule has 3 aromatic rings. The summed E-state index contributed by atoms with van der Waals surface area (Å²) >= 11 is 0. The summed E-state index contributed by atoms with van der Waals surface area (Å²) < 4.78 is 39.3. The number of aryl methyl sites for hydroxylation is 1. The highest BCUT2D eigenvalue weighted by molar-refractivity contribution is 7.92. The first-order valence-electron chi connectivity index (χ1n) is 8.82. The number of benzene rings is 2. The number of hydrogen-bond acceptors (Lipinski definition) is 6. The van der Waals surface area contributed by atoms with Crippen LogP contribution in [-0.2, 0) is 16.4 Å². The maximum atomic E-state index is 13.2. The van der Waals surface area contributed by atoms with Crippen molar-refractivity contribution in [3.8, 4) is 22.8 Å². The molecule has 0 bridgehead atoms. The summed E-state index contributed by atoms with van der Waals surface area (Å²) in [6.45, 7) is 1.88. The first kappa shape index (κ1) is 20.4. The van der Waals surface area contributed by atoms with Crippen LogP contribution in [0.3, 0.4) is 0 Å². The van der Waals surface area contributed by atoms with Gasteiger partial charge < -0.3 is 9.47 Å². The van der Waals surface area contributed by atoms with Gasteiger partial charge in [-0.15, -0.1) is 0 Å². The van der Waals surface area contributed by atoms with Crippen LogP contribution in [0.4, 0.5) is 5.69 Å². The molecular formula is C20H21N3O5S. The maximum absolute atomic E-state index is 13.2. The number of sulfonamides is 1. The zero-order chi connectivity index (χ0) is 21.0. The number of methoxy groups -OCH3 is 2. The third-order valence-electron chi connectivity index (χ3n) is 4.37. The molecule has 0 unspecified atom stereocenters. The molecule has 1 aromatic heterocycles. The second kappa shape index (κ2) is 8.36. The third kappa shape index (κ3) is 4.40. The number of ether oxygens (including phenoxy) is 2. The largest absolute Gasteiger partial charge is 0.497 e. The van der Waals surface area contributed by atoms with Gasteiger partial charge in [-0.2, -0.15) is 5.10 Å². The lowest BCUT2D eigenvalue weighted by atomic mass is 10.1. The SMILES string of the molecule is CCc1ccc(-c2ccc(=O)[nH]n2)cc1S(=O)(=O)Nc1ccc(OC)cc1OC. The van der Waals surface area contributed by atoms with E-state index in [1.54, 1.807) is 30.3 Å². The van der Waals surface area contributed by atoms with Gasteiger partial charge in [0, 0.05) is 17.7 Å². The first-order valence-corrected chi connectivity index (χ1v) is 10.3. The van der Waals surface area contributed by atoms with Gasteiger partial charge >= 0.3 is 0 Å². The molecule has 29 heavy (non-hydrogen) atoms. The number of H-pyrrole nitrogens is 1. The predicted octanol–water partition coefficient (Wildman–Crippen LogP) is 2.82. The Bertz CT molecular complexity index is 1170. The molecule has 0 radical (unpaired) electrons. The summed E-state index contributed by atoms with van der Waals surface area (Å²) in [4.78, 5) is 11.4. The van der Waals surface area contributed by atoms with Crippen molar-refractivity contribution in [2.75, 3.05) is 18.9 Å². The van der Waals surface area contributed by atoms with Crippen LogP contribution in [0.5, 0.6) is 11.5 Å². The van der Waals surface area contributed by atoms with Crippen LogP contribution < -0.4 is 19.8 Å². The van der Waals surface area contributed by atoms with Crippen molar-refractivity contribution in [2.45, 2.75) is 18.2 Å². The quantitative estimate of drug-likeness (QED) is 0.614. The van der Waals surface area contributed by atoms with Crippen LogP contribution in [0.25, 0.3) is 11.3 Å². The number of anilines is 1. The van der Waals surface area contributed by atoms with Crippen LogP contribution in [0.15, 0.2) is 58.2 Å². The Morgan fingerprint density at radius 1 is 1.03 bits per heavy atom. The van der Waals surface area contributed by atoms with Crippen molar-refractivity contribution in [1.29, 1.82) is 0 Å². The fraction of sp³-hybridized carbons (Fsp3) is 0.200. The van der Waals surface area contributed by atoms with Crippen molar-refractivity contribution in [3.05, 3.63) is 64.4 Å². The van der Waals surface area contributed by atoms with Gasteiger partial charge in [0.25, 0.3) is 15.6 Å². The van der Waals surface area contributed by atoms with E-state index in [9.17, 15) is 13.2 Å². The minimum absolute atomic E-state index is 0.128. The maximum Gasteiger partial charge on any atom is 0.264 e. The topological polar surface area (TPSA) is 110 Å². The zero-order valence-electron chi connectivity index (χ0n) is 16.2. The van der Waals surface area contributed by atoms with E-state index < -0.39 is 10.0 Å². The van der Waals surface area contributed by atoms with Crippen LogP contribution in [-0.4, -0.2) is 32.8 Å². The van der Waals surface area contributed by atoms with Gasteiger partial charge in [-0.25, -0.2) is 13.5 Å². The van der Waals surface area contributed by atoms with Gasteiger partial charge in [-0.3, -0.25) is 9.52 Å². The summed E-state index contributed by atoms with van der Waals surface area (Å²) in [5.74, 6) is 0.884. The fourth-order valence-corrected chi connectivity index (χ4v) is 4.25. The molecule has 1 heterocycles. The molecule has 2 N–H and O–H groups in total. The van der Waals surface area contributed by atoms with Crippen LogP contribution in [0, 0.1) is 0 Å². The van der Waals surface area contributed by atoms with E-state index in [-0.39, 0.29) is 10.5 Å². The Morgan fingerprint density at radius 3 is 2.45 bits per heavy atom. The lowest BCUT2D eigenvalue weighted by Crippen LogP contribution is -2.16. The van der Waals surface area contributed by atoms with Gasteiger partial charge in [0.1, 0.15) is 11.5 Å². The fourth-order valence-electron chi connectivity index (χ4n) is 2.84. The first-order chi connectivity index (χ1) is 13.9. The van der Waals surface area contributed by atoms with Crippen molar-refractivity contribution in [1.82, 2.24) is 10.2 Å². The summed E-state index contributed by atoms with van der Waals surface area (Å²) in [7, 11) is -0.950. The second-order valence-electron chi connectivity index (χ2n) is 6.15. The van der Waals surface area contributed by atoms with Gasteiger partial charge in [-0.1, -0.05) is 19.1 Å². The summed E-state index contributed by atoms with van der Waals surface area (Å²) in [6.07, 6.45) is 0.523. The van der Waals surface area contributed by atoms with E-state index in [1.807, 2.05) is 6.92 Å². The molecule has 0 amide bonds. The Morgan fingerprint density at radius 2 is 1.83 bits per heavy atom. The molecular weight excluding hydrogens is 394 g/mol. The van der Waals surface area contributed by atoms with E-state index >= 15 is 0 Å². The molecule has 8 nitrogen and oxygen atoms in total. The van der Waals surface area contributed by atoms with E-state index in [1.165, 1.54) is 32.4 Å². The van der Waals surface area contributed by atoms with E-state index in [2.05, 4.69) is 14.9 Å². The normalized spacial score (nSPS) is 11.1. The Labute approximate surface area is 168 Å². The number of hydrogen-bond donors (Lipinski definition) is 2. The molecule has 9 heteroatoms. The number of rotatable bonds is 7. The van der Waals surface area contributed by atoms with Gasteiger partial charge in [0.05, 0.1) is 30.5 Å². The Balaban J connectivity index is 2.05. The third-order valence-corrected chi connectivity index (χ3v) is 5.81. The van der Waals surface area contributed by atoms with Crippen LogP contribution in [0.1, 0.15) is 12.5 Å². The monoisotopic (exact) mass is 415 g/mol. The highest BCUT2D eigenvalue weighted by Crippen LogP contribution is 2.32. The van der Waals surface area contributed by atoms with E-state index in [0.717, 1.165) is 0 Å². The highest BCUT2D eigenvalue weighted by Gasteiger charge is 2.21. The number of nitrogens with one attached hydrogen (secondary N) is 2. The standard InChI is InChI=1S/C20H21N3O5S/c1-4-13-5-6-14(16-9-10-20(24)22-21-16)11-19(13)29(25,26)23-17-8-7-15(27-2)12-18(17)28-3/h5-12,23H,4H2,1-3H3,(H,22,24). The van der Waals surface area contributed by atoms with Gasteiger partial charge in [0.15, 0.2) is 0 Å². The Kier molecular flexibility index (Phi) is 5.88. The molecule has 0 spiro atoms. The Hall–Kier alpha value is -3.33. The molecule has 152 valence electrons. The average molecular weight is 415 g/mol. The average Bonchev–Trinajstić information content (AvgIpc) is 2.74. The second-order valence-corrected chi connectivity index (χ2v) is 7.81. The molecule has 0 saturated heterocycles. The minimum Gasteiger partial charge on any atom is -0.497 e. The van der Waals surface area contributed by atoms with Crippen molar-refractivity contribution >= 4 is 15.7 Å². The van der Waals surface area contributed by atoms with Gasteiger partial charge in [0.2, 0.25) is 0 Å². The van der Waals surface area contributed by atoms with E-state index in [0.29, 0.717) is 40.4 Å². The predicted molar refractivity (Wildman–Crippen MR) is 110 cm³/mol. The van der Waals surface area contributed by atoms with Crippen molar-refractivity contribution in [2.24, 2.45) is 0 Å². The van der Waals surface area contributed by atoms with Crippen molar-refractivity contribution in [3.63, 3.8) is 0 Å². The molecule has 0 aliphatic carbocycles. The van der Waals surface area contributed by atoms with Crippen molar-refractivity contribution < 1.29 is 17.9 Å². The number of aromatic amines is 1. The summed E-state index contributed by atoms with van der Waals surface area (Å²) in [6, 6.07) is 12.7. The molecule has 0 fully saturated rings. The van der Waals surface area contributed by atoms with Crippen LogP contribution >= 0.6 is 0 Å². The molecule has 0 aliphatic heterocycles. The lowest BCUT2D eigenvalue weighted by Gasteiger charge is -2.15. The summed E-state index contributed by atoms with van der Waals surface area (Å²) in [5.41, 5.74) is 1.65. The summed E-state index contributed by atoms with van der Waals surface area (Å²) in [5, 5.41) is 6.32. The zero-order valence-corrected chi connectivity index (χ0v) is 17.0. The van der Waals surface area contributed by atoms with Gasteiger partial charge in [-0.05, 0) is 36.2 Å². The molecule has 0 saturated carbocycles. The molecule has 3 rings (SSSR count). The molecule has 0 aliphatic rings. The minimum atomic E-state index is -3.92. The van der Waals surface area contributed by atoms with Crippen LogP contribution in [0.2, 0.25) is 0 Å². The number of aromatic nitrogens is 2. The molecule has 0 atom stereocenters. The molecule has 2 aromatic carbocycles. The van der Waals surface area contributed by atoms with E-state index in [4.69, 9.17) is 9.47 Å². The lowest BCUT2D eigenvalue weighted by molar-refractivity contribution is 0.395. The smallest absolute Gasteiger partial charge is 0.264 e.